The molecule has 2 unspecified atom stereocenters. The summed E-state index contributed by atoms with van der Waals surface area (Å²) in [6.45, 7) is 3.29. The van der Waals surface area contributed by atoms with E-state index in [9.17, 15) is 33.5 Å². The number of hydrogen-bond acceptors (Lipinski definition) is 9. The molecule has 1 aromatic heterocycles. The molecule has 1 aromatic carbocycles. The van der Waals surface area contributed by atoms with Crippen LogP contribution in [0.25, 0.3) is 0 Å². The summed E-state index contributed by atoms with van der Waals surface area (Å²) in [6, 6.07) is 0.100. The maximum Gasteiger partial charge on any atom is 0.319 e. The van der Waals surface area contributed by atoms with Crippen molar-refractivity contribution in [2.24, 2.45) is 11.7 Å². The van der Waals surface area contributed by atoms with E-state index in [4.69, 9.17) is 22.1 Å². The smallest absolute Gasteiger partial charge is 0.319 e. The summed E-state index contributed by atoms with van der Waals surface area (Å²) in [5.74, 6) is -3.93. The topological polar surface area (TPSA) is 211 Å². The highest BCUT2D eigenvalue weighted by Gasteiger charge is 2.49. The van der Waals surface area contributed by atoms with Crippen LogP contribution in [0, 0.1) is 11.7 Å². The Labute approximate surface area is 293 Å². The van der Waals surface area contributed by atoms with Crippen LogP contribution in [0.1, 0.15) is 83.4 Å². The Morgan fingerprint density at radius 1 is 1.16 bits per heavy atom. The number of rotatable bonds is 11. The minimum absolute atomic E-state index is 0.00989. The van der Waals surface area contributed by atoms with Crippen LogP contribution < -0.4 is 21.7 Å². The summed E-state index contributed by atoms with van der Waals surface area (Å²) in [5.41, 5.74) is 2.98. The summed E-state index contributed by atoms with van der Waals surface area (Å²) in [5, 5.41) is 26.9. The van der Waals surface area contributed by atoms with Crippen molar-refractivity contribution in [3.63, 3.8) is 0 Å². The maximum absolute atomic E-state index is 14.6. The Hall–Kier alpha value is -4.15. The number of halogens is 2. The van der Waals surface area contributed by atoms with Gasteiger partial charge in [0.25, 0.3) is 5.91 Å². The lowest BCUT2D eigenvalue weighted by Crippen LogP contribution is -2.64. The number of amides is 5. The molecule has 2 aromatic rings. The van der Waals surface area contributed by atoms with Crippen molar-refractivity contribution >= 4 is 46.8 Å². The van der Waals surface area contributed by atoms with Gasteiger partial charge >= 0.3 is 6.03 Å². The van der Waals surface area contributed by atoms with E-state index in [1.54, 1.807) is 13.8 Å². The average Bonchev–Trinajstić information content (AvgIpc) is 3.75. The fourth-order valence-electron chi connectivity index (χ4n) is 7.20. The number of anilines is 1. The second-order valence-corrected chi connectivity index (χ2v) is 14.3. The zero-order valence-corrected chi connectivity index (χ0v) is 28.9. The van der Waals surface area contributed by atoms with Gasteiger partial charge in [0.1, 0.15) is 29.0 Å². The zero-order chi connectivity index (χ0) is 36.2. The van der Waals surface area contributed by atoms with E-state index in [1.165, 1.54) is 27.9 Å². The Kier molecular flexibility index (Phi) is 11.4. The van der Waals surface area contributed by atoms with Gasteiger partial charge in [0.15, 0.2) is 0 Å². The van der Waals surface area contributed by atoms with Crippen molar-refractivity contribution < 1.29 is 38.2 Å². The van der Waals surface area contributed by atoms with E-state index in [0.717, 1.165) is 38.2 Å². The molecule has 2 aliphatic heterocycles. The molecule has 0 spiro atoms. The number of aromatic nitrogens is 3. The molecule has 2 saturated heterocycles. The quantitative estimate of drug-likeness (QED) is 0.216. The number of ketones is 1. The second kappa shape index (κ2) is 15.4. The first-order valence-corrected chi connectivity index (χ1v) is 17.3. The molecular formula is C33H44ClFN8O7. The van der Waals surface area contributed by atoms with Crippen LogP contribution in [0.15, 0.2) is 24.4 Å². The second-order valence-electron chi connectivity index (χ2n) is 13.9. The number of benzene rings is 1. The number of carbonyl (C=O) groups excluding carboxylic acids is 5. The van der Waals surface area contributed by atoms with Gasteiger partial charge in [-0.3, -0.25) is 19.2 Å². The van der Waals surface area contributed by atoms with Gasteiger partial charge in [-0.05, 0) is 44.4 Å². The van der Waals surface area contributed by atoms with Crippen molar-refractivity contribution in [3.05, 3.63) is 40.9 Å². The molecule has 3 fully saturated rings. The Morgan fingerprint density at radius 2 is 1.86 bits per heavy atom. The van der Waals surface area contributed by atoms with Crippen LogP contribution in [0.5, 0.6) is 0 Å². The largest absolute Gasteiger partial charge is 0.384 e. The first-order chi connectivity index (χ1) is 23.7. The van der Waals surface area contributed by atoms with Crippen molar-refractivity contribution in [1.29, 1.82) is 0 Å². The summed E-state index contributed by atoms with van der Waals surface area (Å²) in [4.78, 5) is 68.6. The van der Waals surface area contributed by atoms with E-state index in [-0.39, 0.29) is 55.6 Å². The normalized spacial score (nSPS) is 21.7. The number of nitrogens with one attached hydrogen (secondary N) is 3. The predicted octanol–water partition coefficient (Wildman–Crippen LogP) is 2.32. The third-order valence-corrected chi connectivity index (χ3v) is 10.1. The predicted molar refractivity (Wildman–Crippen MR) is 178 cm³/mol. The van der Waals surface area contributed by atoms with Crippen LogP contribution in [0.4, 0.5) is 14.9 Å². The minimum Gasteiger partial charge on any atom is -0.384 e. The standard InChI is InChI=1S/C33H44ClFN8O7/c1-32(2,49)26-17-37-41-43(26)21-16-25(29(46)40-33(27(44)28(36)45)10-12-50-13-11-33)42(18-21)30(47)24(14-19-6-4-3-5-7-19)39-31(48)38-20-8-9-23(35)22(34)15-20/h8-9,15,17,19,21,24-25,49H,3-7,10-14,16,18H2,1-2H3,(H2,36,45)(H,40,46)(H2,38,39,48)/t21?,24-,25?/m1/s1. The Morgan fingerprint density at radius 3 is 2.50 bits per heavy atom. The summed E-state index contributed by atoms with van der Waals surface area (Å²) in [7, 11) is 0. The molecule has 17 heteroatoms. The molecule has 3 aliphatic rings. The fourth-order valence-corrected chi connectivity index (χ4v) is 7.38. The highest BCUT2D eigenvalue weighted by Crippen LogP contribution is 2.34. The first kappa shape index (κ1) is 37.1. The maximum atomic E-state index is 14.6. The number of carbonyl (C=O) groups is 5. The van der Waals surface area contributed by atoms with Crippen LogP contribution >= 0.6 is 11.6 Å². The summed E-state index contributed by atoms with van der Waals surface area (Å²) >= 11 is 5.90. The number of Topliss-reactive ketones (excluding diaryl/α,β-unsaturated/α-hetero) is 1. The van der Waals surface area contributed by atoms with Crippen molar-refractivity contribution in [1.82, 2.24) is 30.5 Å². The molecule has 5 rings (SSSR count). The highest BCUT2D eigenvalue weighted by molar-refractivity contribution is 6.39. The number of nitrogens with zero attached hydrogens (tertiary/aromatic N) is 4. The molecule has 3 atom stereocenters. The summed E-state index contributed by atoms with van der Waals surface area (Å²) < 4.78 is 20.6. The SMILES string of the molecule is CC(C)(O)c1cnnn1C1CC(C(=O)NC2(C(=O)C(N)=O)CCOCC2)N(C(=O)[C@@H](CC2CCCCC2)NC(=O)Nc2ccc(F)c(Cl)c2)C1. The number of nitrogens with two attached hydrogens (primary N) is 1. The molecule has 5 amide bonds. The van der Waals surface area contributed by atoms with E-state index >= 15 is 0 Å². The van der Waals surface area contributed by atoms with Gasteiger partial charge in [0, 0.05) is 44.7 Å². The van der Waals surface area contributed by atoms with Crippen LogP contribution in [0.3, 0.4) is 0 Å². The van der Waals surface area contributed by atoms with E-state index in [2.05, 4.69) is 26.3 Å². The lowest BCUT2D eigenvalue weighted by Gasteiger charge is -2.37. The first-order valence-electron chi connectivity index (χ1n) is 16.9. The highest BCUT2D eigenvalue weighted by atomic mass is 35.5. The van der Waals surface area contributed by atoms with Gasteiger partial charge in [-0.1, -0.05) is 48.9 Å². The van der Waals surface area contributed by atoms with E-state index in [1.807, 2.05) is 0 Å². The van der Waals surface area contributed by atoms with Gasteiger partial charge in [-0.2, -0.15) is 0 Å². The van der Waals surface area contributed by atoms with Crippen molar-refractivity contribution in [3.8, 4) is 0 Å². The monoisotopic (exact) mass is 718 g/mol. The molecule has 3 heterocycles. The molecule has 0 bridgehead atoms. The van der Waals surface area contributed by atoms with E-state index in [0.29, 0.717) is 12.1 Å². The van der Waals surface area contributed by atoms with Crippen molar-refractivity contribution in [2.75, 3.05) is 25.1 Å². The number of urea groups is 1. The van der Waals surface area contributed by atoms with Crippen LogP contribution in [0.2, 0.25) is 5.02 Å². The molecule has 1 aliphatic carbocycles. The van der Waals surface area contributed by atoms with E-state index < -0.39 is 64.6 Å². The summed E-state index contributed by atoms with van der Waals surface area (Å²) in [6.07, 6.45) is 6.50. The number of aliphatic hydroxyl groups is 1. The molecule has 272 valence electrons. The van der Waals surface area contributed by atoms with Crippen LogP contribution in [-0.4, -0.2) is 91.9 Å². The molecule has 0 radical (unpaired) electrons. The van der Waals surface area contributed by atoms with Gasteiger partial charge < -0.3 is 36.4 Å². The molecular weight excluding hydrogens is 675 g/mol. The number of likely N-dealkylation sites (tertiary alicyclic amines) is 1. The van der Waals surface area contributed by atoms with Crippen molar-refractivity contribution in [2.45, 2.75) is 101 Å². The van der Waals surface area contributed by atoms with Gasteiger partial charge in [0.2, 0.25) is 17.6 Å². The third kappa shape index (κ3) is 8.41. The Balaban J connectivity index is 1.46. The molecule has 15 nitrogen and oxygen atoms in total. The zero-order valence-electron chi connectivity index (χ0n) is 28.1. The molecule has 1 saturated carbocycles. The molecule has 6 N–H and O–H groups in total. The fraction of sp³-hybridized carbons (Fsp3) is 0.606. The van der Waals surface area contributed by atoms with Gasteiger partial charge in [0.05, 0.1) is 23.0 Å². The average molecular weight is 719 g/mol. The Bertz CT molecular complexity index is 1600. The number of hydrogen-bond donors (Lipinski definition) is 5. The third-order valence-electron chi connectivity index (χ3n) is 9.85. The lowest BCUT2D eigenvalue weighted by atomic mass is 9.84. The van der Waals surface area contributed by atoms with Gasteiger partial charge in [-0.25, -0.2) is 13.9 Å². The minimum atomic E-state index is -1.62. The molecule has 50 heavy (non-hydrogen) atoms. The van der Waals surface area contributed by atoms with Crippen LogP contribution in [-0.2, 0) is 29.5 Å². The number of ether oxygens (including phenoxy) is 1. The lowest BCUT2D eigenvalue weighted by molar-refractivity contribution is -0.147. The number of primary amides is 1. The van der Waals surface area contributed by atoms with Gasteiger partial charge in [-0.15, -0.1) is 5.10 Å².